The molecular weight excluding hydrogens is 233 g/mol. The lowest BCUT2D eigenvalue weighted by molar-refractivity contribution is 0.627. The summed E-state index contributed by atoms with van der Waals surface area (Å²) >= 11 is 0. The minimum Gasteiger partial charge on any atom is -0.354 e. The van der Waals surface area contributed by atoms with Gasteiger partial charge in [-0.2, -0.15) is 0 Å². The van der Waals surface area contributed by atoms with Gasteiger partial charge in [0.15, 0.2) is 5.82 Å². The van der Waals surface area contributed by atoms with Gasteiger partial charge in [0, 0.05) is 13.6 Å². The first-order valence-corrected chi connectivity index (χ1v) is 5.43. The summed E-state index contributed by atoms with van der Waals surface area (Å²) in [7, 11) is 1.88. The third-order valence-corrected chi connectivity index (χ3v) is 2.49. The standard InChI is InChI=1S/C12H14FN5/c1-18(8-9-2-4-10(13)5-3-9)12-7-15-6-11(16-12)17-14/h2-7H,8,14H2,1H3,(H,16,17). The van der Waals surface area contributed by atoms with Crippen molar-refractivity contribution in [3.8, 4) is 0 Å². The van der Waals surface area contributed by atoms with Gasteiger partial charge in [-0.1, -0.05) is 12.1 Å². The van der Waals surface area contributed by atoms with Crippen molar-refractivity contribution >= 4 is 11.6 Å². The Morgan fingerprint density at radius 2 is 2.00 bits per heavy atom. The lowest BCUT2D eigenvalue weighted by Gasteiger charge is -2.18. The highest BCUT2D eigenvalue weighted by Crippen LogP contribution is 2.13. The van der Waals surface area contributed by atoms with Crippen LogP contribution in [0.1, 0.15) is 5.56 Å². The van der Waals surface area contributed by atoms with Crippen molar-refractivity contribution in [1.82, 2.24) is 9.97 Å². The van der Waals surface area contributed by atoms with Gasteiger partial charge in [0.2, 0.25) is 0 Å². The van der Waals surface area contributed by atoms with Crippen molar-refractivity contribution in [2.45, 2.75) is 6.54 Å². The average Bonchev–Trinajstić information content (AvgIpc) is 2.41. The predicted molar refractivity (Wildman–Crippen MR) is 68.3 cm³/mol. The number of nitrogens with two attached hydrogens (primary N) is 1. The van der Waals surface area contributed by atoms with Crippen LogP contribution in [-0.4, -0.2) is 17.0 Å². The van der Waals surface area contributed by atoms with Crippen LogP contribution in [0.4, 0.5) is 16.0 Å². The van der Waals surface area contributed by atoms with Crippen molar-refractivity contribution in [1.29, 1.82) is 0 Å². The van der Waals surface area contributed by atoms with E-state index >= 15 is 0 Å². The van der Waals surface area contributed by atoms with Gasteiger partial charge in [-0.3, -0.25) is 4.98 Å². The van der Waals surface area contributed by atoms with Crippen LogP contribution in [0.25, 0.3) is 0 Å². The van der Waals surface area contributed by atoms with Gasteiger partial charge >= 0.3 is 0 Å². The summed E-state index contributed by atoms with van der Waals surface area (Å²) in [5.74, 6) is 6.22. The molecule has 0 saturated carbocycles. The van der Waals surface area contributed by atoms with Gasteiger partial charge in [-0.25, -0.2) is 15.2 Å². The molecule has 0 radical (unpaired) electrons. The summed E-state index contributed by atoms with van der Waals surface area (Å²) in [5.41, 5.74) is 3.44. The second-order valence-corrected chi connectivity index (χ2v) is 3.89. The molecule has 94 valence electrons. The molecule has 0 bridgehead atoms. The molecular formula is C12H14FN5. The van der Waals surface area contributed by atoms with E-state index in [1.54, 1.807) is 18.3 Å². The first-order chi connectivity index (χ1) is 8.69. The molecule has 3 N–H and O–H groups in total. The van der Waals surface area contributed by atoms with Crippen LogP contribution >= 0.6 is 0 Å². The van der Waals surface area contributed by atoms with Gasteiger partial charge in [0.25, 0.3) is 0 Å². The first kappa shape index (κ1) is 12.3. The van der Waals surface area contributed by atoms with Crippen molar-refractivity contribution in [2.75, 3.05) is 17.4 Å². The summed E-state index contributed by atoms with van der Waals surface area (Å²) in [6, 6.07) is 6.36. The van der Waals surface area contributed by atoms with Gasteiger partial charge in [0.1, 0.15) is 11.6 Å². The van der Waals surface area contributed by atoms with Crippen LogP contribution in [0, 0.1) is 5.82 Å². The van der Waals surface area contributed by atoms with E-state index in [4.69, 9.17) is 5.84 Å². The molecule has 1 heterocycles. The Labute approximate surface area is 104 Å². The second-order valence-electron chi connectivity index (χ2n) is 3.89. The molecule has 0 spiro atoms. The van der Waals surface area contributed by atoms with E-state index in [9.17, 15) is 4.39 Å². The molecule has 0 atom stereocenters. The van der Waals surface area contributed by atoms with Crippen LogP contribution in [-0.2, 0) is 6.54 Å². The Morgan fingerprint density at radius 3 is 2.67 bits per heavy atom. The summed E-state index contributed by atoms with van der Waals surface area (Å²) in [6.07, 6.45) is 3.18. The molecule has 0 aliphatic carbocycles. The molecule has 5 nitrogen and oxygen atoms in total. The minimum atomic E-state index is -0.240. The fourth-order valence-electron chi connectivity index (χ4n) is 1.55. The van der Waals surface area contributed by atoms with Gasteiger partial charge < -0.3 is 10.3 Å². The molecule has 0 fully saturated rings. The van der Waals surface area contributed by atoms with E-state index in [1.807, 2.05) is 11.9 Å². The molecule has 1 aromatic carbocycles. The number of halogens is 1. The van der Waals surface area contributed by atoms with Crippen LogP contribution in [0.3, 0.4) is 0 Å². The Hall–Kier alpha value is -2.21. The number of hydrazine groups is 1. The van der Waals surface area contributed by atoms with Crippen molar-refractivity contribution < 1.29 is 4.39 Å². The maximum absolute atomic E-state index is 12.8. The number of nitrogen functional groups attached to an aromatic ring is 1. The molecule has 0 aliphatic heterocycles. The molecule has 18 heavy (non-hydrogen) atoms. The van der Waals surface area contributed by atoms with E-state index < -0.39 is 0 Å². The lowest BCUT2D eigenvalue weighted by Crippen LogP contribution is -2.19. The SMILES string of the molecule is CN(Cc1ccc(F)cc1)c1cncc(NN)n1. The molecule has 2 aromatic rings. The molecule has 0 unspecified atom stereocenters. The third kappa shape index (κ3) is 2.92. The normalized spacial score (nSPS) is 10.2. The highest BCUT2D eigenvalue weighted by Gasteiger charge is 2.05. The number of nitrogens with one attached hydrogen (secondary N) is 1. The Bertz CT molecular complexity index is 514. The van der Waals surface area contributed by atoms with Crippen molar-refractivity contribution in [2.24, 2.45) is 5.84 Å². The highest BCUT2D eigenvalue weighted by atomic mass is 19.1. The Morgan fingerprint density at radius 1 is 1.28 bits per heavy atom. The molecule has 2 rings (SSSR count). The highest BCUT2D eigenvalue weighted by molar-refractivity contribution is 5.43. The maximum atomic E-state index is 12.8. The number of hydrogen-bond donors (Lipinski definition) is 2. The van der Waals surface area contributed by atoms with E-state index in [1.165, 1.54) is 18.3 Å². The van der Waals surface area contributed by atoms with E-state index in [0.29, 0.717) is 18.2 Å². The van der Waals surface area contributed by atoms with Gasteiger partial charge in [0.05, 0.1) is 12.4 Å². The summed E-state index contributed by atoms with van der Waals surface area (Å²) in [6.45, 7) is 0.614. The van der Waals surface area contributed by atoms with Crippen molar-refractivity contribution in [3.05, 3.63) is 48.0 Å². The van der Waals surface area contributed by atoms with Crippen LogP contribution in [0.2, 0.25) is 0 Å². The summed E-state index contributed by atoms with van der Waals surface area (Å²) in [5, 5.41) is 0. The topological polar surface area (TPSA) is 67.1 Å². The zero-order valence-electron chi connectivity index (χ0n) is 9.97. The predicted octanol–water partition coefficient (Wildman–Crippen LogP) is 1.54. The van der Waals surface area contributed by atoms with Gasteiger partial charge in [-0.15, -0.1) is 0 Å². The number of aromatic nitrogens is 2. The third-order valence-electron chi connectivity index (χ3n) is 2.49. The number of nitrogens with zero attached hydrogens (tertiary/aromatic N) is 3. The van der Waals surface area contributed by atoms with E-state index in [2.05, 4.69) is 15.4 Å². The summed E-state index contributed by atoms with van der Waals surface area (Å²) in [4.78, 5) is 10.2. The van der Waals surface area contributed by atoms with Crippen molar-refractivity contribution in [3.63, 3.8) is 0 Å². The second kappa shape index (κ2) is 5.42. The Kier molecular flexibility index (Phi) is 3.69. The number of benzene rings is 1. The maximum Gasteiger partial charge on any atom is 0.160 e. The average molecular weight is 247 g/mol. The summed E-state index contributed by atoms with van der Waals surface area (Å²) < 4.78 is 12.8. The Balaban J connectivity index is 2.11. The fourth-order valence-corrected chi connectivity index (χ4v) is 1.55. The number of anilines is 2. The number of hydrogen-bond acceptors (Lipinski definition) is 5. The molecule has 0 saturated heterocycles. The monoisotopic (exact) mass is 247 g/mol. The smallest absolute Gasteiger partial charge is 0.160 e. The zero-order chi connectivity index (χ0) is 13.0. The molecule has 1 aromatic heterocycles. The largest absolute Gasteiger partial charge is 0.354 e. The zero-order valence-corrected chi connectivity index (χ0v) is 9.97. The quantitative estimate of drug-likeness (QED) is 0.633. The van der Waals surface area contributed by atoms with Crippen LogP contribution in [0.15, 0.2) is 36.7 Å². The van der Waals surface area contributed by atoms with Crippen LogP contribution in [0.5, 0.6) is 0 Å². The van der Waals surface area contributed by atoms with E-state index in [0.717, 1.165) is 5.56 Å². The molecule has 6 heteroatoms. The van der Waals surface area contributed by atoms with Gasteiger partial charge in [-0.05, 0) is 17.7 Å². The lowest BCUT2D eigenvalue weighted by atomic mass is 10.2. The molecule has 0 aliphatic rings. The van der Waals surface area contributed by atoms with E-state index in [-0.39, 0.29) is 5.82 Å². The number of rotatable bonds is 4. The molecule has 0 amide bonds. The minimum absolute atomic E-state index is 0.240. The first-order valence-electron chi connectivity index (χ1n) is 5.43. The fraction of sp³-hybridized carbons (Fsp3) is 0.167. The van der Waals surface area contributed by atoms with Crippen LogP contribution < -0.4 is 16.2 Å².